The number of carbonyl (C=O) groups excluding carboxylic acids is 1. The number of hydrogen-bond acceptors (Lipinski definition) is 5. The molecule has 1 amide bonds. The van der Waals surface area contributed by atoms with Gasteiger partial charge in [0.05, 0.1) is 0 Å². The summed E-state index contributed by atoms with van der Waals surface area (Å²) in [6.45, 7) is 0. The van der Waals surface area contributed by atoms with Gasteiger partial charge < -0.3 is 5.73 Å². The van der Waals surface area contributed by atoms with Gasteiger partial charge in [-0.1, -0.05) is 21.6 Å². The third-order valence-corrected chi connectivity index (χ3v) is 2.26. The van der Waals surface area contributed by atoms with Crippen molar-refractivity contribution >= 4 is 36.9 Å². The lowest BCUT2D eigenvalue weighted by Crippen LogP contribution is -2.20. The lowest BCUT2D eigenvalue weighted by molar-refractivity contribution is 0.262. The second-order valence-corrected chi connectivity index (χ2v) is 5.15. The van der Waals surface area contributed by atoms with E-state index in [9.17, 15) is 13.2 Å². The van der Waals surface area contributed by atoms with E-state index in [4.69, 9.17) is 4.55 Å². The standard InChI is InChI=1S/C2H6S2.CH3NO4S/c1-3-4-2;2-1(3)7(4,5)6/h1-2H3;(H2,2,3)(H,4,5,6). The number of rotatable bonds is 1. The van der Waals surface area contributed by atoms with Crippen LogP contribution in [0.2, 0.25) is 0 Å². The van der Waals surface area contributed by atoms with Crippen molar-refractivity contribution in [2.75, 3.05) is 12.5 Å². The minimum atomic E-state index is -4.60. The van der Waals surface area contributed by atoms with Gasteiger partial charge in [-0.15, -0.1) is 0 Å². The molecule has 68 valence electrons. The minimum absolute atomic E-state index is 1.73. The Bertz CT molecular complexity index is 197. The maximum absolute atomic E-state index is 9.41. The molecule has 0 saturated heterocycles. The summed E-state index contributed by atoms with van der Waals surface area (Å²) in [5.41, 5.74) is 4.09. The quantitative estimate of drug-likeness (QED) is 0.494. The molecule has 0 saturated carbocycles. The highest BCUT2D eigenvalue weighted by atomic mass is 33.1. The summed E-state index contributed by atoms with van der Waals surface area (Å²) in [5.74, 6) is 0. The van der Waals surface area contributed by atoms with E-state index in [-0.39, 0.29) is 0 Å². The van der Waals surface area contributed by atoms with E-state index in [1.54, 1.807) is 21.6 Å². The van der Waals surface area contributed by atoms with Crippen molar-refractivity contribution in [2.45, 2.75) is 0 Å². The van der Waals surface area contributed by atoms with E-state index in [0.29, 0.717) is 0 Å². The molecule has 0 atom stereocenters. The molecule has 0 unspecified atom stereocenters. The topological polar surface area (TPSA) is 97.5 Å². The van der Waals surface area contributed by atoms with Gasteiger partial charge in [0.2, 0.25) is 0 Å². The Morgan fingerprint density at radius 2 is 1.55 bits per heavy atom. The lowest BCUT2D eigenvalue weighted by atomic mass is 11.5. The highest BCUT2D eigenvalue weighted by molar-refractivity contribution is 8.76. The van der Waals surface area contributed by atoms with Gasteiger partial charge in [0.25, 0.3) is 0 Å². The van der Waals surface area contributed by atoms with Crippen LogP contribution in [-0.4, -0.2) is 30.7 Å². The smallest absolute Gasteiger partial charge is 0.354 e. The zero-order valence-corrected chi connectivity index (χ0v) is 8.42. The van der Waals surface area contributed by atoms with E-state index in [2.05, 4.69) is 18.2 Å². The van der Waals surface area contributed by atoms with Crippen LogP contribution in [0.15, 0.2) is 0 Å². The molecule has 0 heterocycles. The fourth-order valence-electron chi connectivity index (χ4n) is 0. The molecule has 8 heteroatoms. The molecule has 0 aliphatic rings. The van der Waals surface area contributed by atoms with Crippen LogP contribution in [0.5, 0.6) is 0 Å². The van der Waals surface area contributed by atoms with Crippen molar-refractivity contribution < 1.29 is 17.8 Å². The van der Waals surface area contributed by atoms with Crippen LogP contribution in [0, 0.1) is 0 Å². The highest BCUT2D eigenvalue weighted by Gasteiger charge is 2.10. The van der Waals surface area contributed by atoms with Gasteiger partial charge in [0.1, 0.15) is 0 Å². The molecule has 0 spiro atoms. The monoisotopic (exact) mass is 219 g/mol. The molecular weight excluding hydrogens is 210 g/mol. The molecule has 0 aromatic heterocycles. The Balaban J connectivity index is 0. The zero-order valence-electron chi connectivity index (χ0n) is 5.97. The van der Waals surface area contributed by atoms with Crippen LogP contribution in [0.25, 0.3) is 0 Å². The highest BCUT2D eigenvalue weighted by Crippen LogP contribution is 2.09. The molecule has 0 aliphatic carbocycles. The predicted molar refractivity (Wildman–Crippen MR) is 48.2 cm³/mol. The number of carbonyl (C=O) groups is 1. The molecule has 0 rings (SSSR count). The number of hydrogen-bond donors (Lipinski definition) is 2. The second-order valence-electron chi connectivity index (χ2n) is 1.13. The van der Waals surface area contributed by atoms with Gasteiger partial charge in [-0.2, -0.15) is 8.42 Å². The van der Waals surface area contributed by atoms with Crippen LogP contribution in [-0.2, 0) is 10.1 Å². The maximum Gasteiger partial charge on any atom is 0.361 e. The average Bonchev–Trinajstić information content (AvgIpc) is 1.87. The molecule has 0 fully saturated rings. The third kappa shape index (κ3) is 13.1. The van der Waals surface area contributed by atoms with Gasteiger partial charge in [-0.3, -0.25) is 9.35 Å². The average molecular weight is 219 g/mol. The van der Waals surface area contributed by atoms with Gasteiger partial charge in [-0.05, 0) is 12.5 Å². The van der Waals surface area contributed by atoms with Crippen molar-refractivity contribution in [1.29, 1.82) is 0 Å². The molecule has 0 bridgehead atoms. The van der Waals surface area contributed by atoms with E-state index >= 15 is 0 Å². The van der Waals surface area contributed by atoms with Crippen LogP contribution >= 0.6 is 21.6 Å². The minimum Gasteiger partial charge on any atom is -0.354 e. The molecule has 3 N–H and O–H groups in total. The molecule has 5 nitrogen and oxygen atoms in total. The van der Waals surface area contributed by atoms with Gasteiger partial charge in [0, 0.05) is 0 Å². The lowest BCUT2D eigenvalue weighted by Gasteiger charge is -1.80. The summed E-state index contributed by atoms with van der Waals surface area (Å²) >= 11 is 0. The largest absolute Gasteiger partial charge is 0.361 e. The van der Waals surface area contributed by atoms with Crippen molar-refractivity contribution in [3.63, 3.8) is 0 Å². The Hall–Kier alpha value is 0.0800. The van der Waals surface area contributed by atoms with Crippen molar-refractivity contribution in [3.05, 3.63) is 0 Å². The van der Waals surface area contributed by atoms with Crippen molar-refractivity contribution in [2.24, 2.45) is 5.73 Å². The first-order chi connectivity index (χ1) is 4.86. The fourth-order valence-corrected chi connectivity index (χ4v) is 0. The van der Waals surface area contributed by atoms with Gasteiger partial charge in [0.15, 0.2) is 0 Å². The van der Waals surface area contributed by atoms with Crippen LogP contribution < -0.4 is 5.73 Å². The Kier molecular flexibility index (Phi) is 8.40. The summed E-state index contributed by atoms with van der Waals surface area (Å²) in [7, 11) is -1.06. The summed E-state index contributed by atoms with van der Waals surface area (Å²) < 4.78 is 26.4. The molecule has 0 aromatic rings. The van der Waals surface area contributed by atoms with E-state index in [1.807, 2.05) is 0 Å². The first-order valence-electron chi connectivity index (χ1n) is 2.20. The van der Waals surface area contributed by atoms with Crippen molar-refractivity contribution in [3.8, 4) is 0 Å². The zero-order chi connectivity index (χ0) is 9.49. The maximum atomic E-state index is 9.41. The van der Waals surface area contributed by atoms with E-state index < -0.39 is 15.4 Å². The SMILES string of the molecule is CSSC.NC(=O)S(=O)(=O)O. The summed E-state index contributed by atoms with van der Waals surface area (Å²) in [6.07, 6.45) is 4.12. The molecule has 0 aliphatic heterocycles. The van der Waals surface area contributed by atoms with Gasteiger partial charge in [-0.25, -0.2) is 0 Å². The molecule has 0 radical (unpaired) electrons. The van der Waals surface area contributed by atoms with E-state index in [0.717, 1.165) is 0 Å². The van der Waals surface area contributed by atoms with Crippen LogP contribution in [0.4, 0.5) is 4.79 Å². The number of nitrogens with two attached hydrogens (primary N) is 1. The Labute approximate surface area is 73.3 Å². The Morgan fingerprint density at radius 3 is 1.55 bits per heavy atom. The summed E-state index contributed by atoms with van der Waals surface area (Å²) in [4.78, 5) is 9.41. The van der Waals surface area contributed by atoms with Crippen molar-refractivity contribution in [1.82, 2.24) is 0 Å². The van der Waals surface area contributed by atoms with Crippen LogP contribution in [0.3, 0.4) is 0 Å². The first kappa shape index (κ1) is 13.7. The molecular formula is C3H9NO4S3. The van der Waals surface area contributed by atoms with Crippen LogP contribution in [0.1, 0.15) is 0 Å². The normalized spacial score (nSPS) is 9.73. The fraction of sp³-hybridized carbons (Fsp3) is 0.667. The molecule has 0 aromatic carbocycles. The molecule has 11 heavy (non-hydrogen) atoms. The van der Waals surface area contributed by atoms with Gasteiger partial charge >= 0.3 is 15.4 Å². The van der Waals surface area contributed by atoms with E-state index in [1.165, 1.54) is 0 Å². The Morgan fingerprint density at radius 1 is 1.36 bits per heavy atom. The number of primary amides is 1. The summed E-state index contributed by atoms with van der Waals surface area (Å²) in [6, 6.07) is 0. The summed E-state index contributed by atoms with van der Waals surface area (Å²) in [5, 5.41) is -1.73. The second kappa shape index (κ2) is 6.77. The number of amides is 1. The first-order valence-corrected chi connectivity index (χ1v) is 6.60. The third-order valence-electron chi connectivity index (χ3n) is 0.421. The predicted octanol–water partition coefficient (Wildman–Crippen LogP) is 0.580.